The van der Waals surface area contributed by atoms with Crippen molar-refractivity contribution in [2.45, 2.75) is 32.7 Å². The Morgan fingerprint density at radius 2 is 2.00 bits per heavy atom. The van der Waals surface area contributed by atoms with Crippen LogP contribution in [0.5, 0.6) is 0 Å². The molecule has 1 atom stereocenters. The molecule has 0 saturated carbocycles. The van der Waals surface area contributed by atoms with E-state index in [1.54, 1.807) is 25.1 Å². The average Bonchev–Trinajstić information content (AvgIpc) is 2.25. The van der Waals surface area contributed by atoms with Crippen molar-refractivity contribution in [1.29, 1.82) is 0 Å². The Bertz CT molecular complexity index is 503. The quantitative estimate of drug-likeness (QED) is 0.869. The van der Waals surface area contributed by atoms with Crippen LogP contribution in [-0.4, -0.2) is 14.2 Å². The number of nitrogens with one attached hydrogen (secondary N) is 1. The first-order valence-corrected chi connectivity index (χ1v) is 8.21. The first-order chi connectivity index (χ1) is 8.35. The minimum absolute atomic E-state index is 0.138. The molecule has 1 N–H and O–H groups in total. The number of rotatable bonds is 6. The zero-order chi connectivity index (χ0) is 13.8. The minimum atomic E-state index is -3.26. The Morgan fingerprint density at radius 3 is 2.56 bits per heavy atom. The summed E-state index contributed by atoms with van der Waals surface area (Å²) in [6, 6.07) is 4.67. The predicted octanol–water partition coefficient (Wildman–Crippen LogP) is 3.77. The van der Waals surface area contributed by atoms with Crippen LogP contribution in [-0.2, 0) is 10.0 Å². The van der Waals surface area contributed by atoms with Gasteiger partial charge in [-0.2, -0.15) is 0 Å². The van der Waals surface area contributed by atoms with Gasteiger partial charge < -0.3 is 0 Å². The summed E-state index contributed by atoms with van der Waals surface area (Å²) in [6.45, 7) is 3.72. The zero-order valence-corrected chi connectivity index (χ0v) is 12.7. The third-order valence-corrected chi connectivity index (χ3v) is 4.65. The van der Waals surface area contributed by atoms with E-state index in [0.29, 0.717) is 16.5 Å². The molecule has 102 valence electrons. The molecular formula is C12H17Cl2NO2S. The Hall–Kier alpha value is -0.290. The van der Waals surface area contributed by atoms with Crippen LogP contribution in [0.4, 0.5) is 0 Å². The molecule has 0 unspecified atom stereocenters. The number of halogens is 2. The Balaban J connectivity index is 2.79. The fourth-order valence-electron chi connectivity index (χ4n) is 1.58. The van der Waals surface area contributed by atoms with Crippen LogP contribution in [0.25, 0.3) is 0 Å². The molecule has 0 saturated heterocycles. The van der Waals surface area contributed by atoms with Gasteiger partial charge in [0.15, 0.2) is 0 Å². The second kappa shape index (κ2) is 6.75. The number of hydrogen-bond acceptors (Lipinski definition) is 2. The van der Waals surface area contributed by atoms with E-state index < -0.39 is 10.0 Å². The molecule has 0 aromatic heterocycles. The number of sulfonamides is 1. The standard InChI is InChI=1S/C12H17Cl2NO2S/c1-3-4-7-18(16,17)15-9(2)11-6-5-10(13)8-12(11)14/h5-6,8-9,15H,3-4,7H2,1-2H3/t9-/m0/s1. The summed E-state index contributed by atoms with van der Waals surface area (Å²) in [6.07, 6.45) is 1.49. The Labute approximate surface area is 119 Å². The van der Waals surface area contributed by atoms with E-state index in [2.05, 4.69) is 4.72 Å². The molecule has 3 nitrogen and oxygen atoms in total. The zero-order valence-electron chi connectivity index (χ0n) is 10.4. The summed E-state index contributed by atoms with van der Waals surface area (Å²) in [7, 11) is -3.26. The predicted molar refractivity (Wildman–Crippen MR) is 76.7 cm³/mol. The summed E-state index contributed by atoms with van der Waals surface area (Å²) < 4.78 is 26.2. The maximum Gasteiger partial charge on any atom is 0.212 e. The van der Waals surface area contributed by atoms with Crippen LogP contribution in [0.1, 0.15) is 38.3 Å². The van der Waals surface area contributed by atoms with E-state index in [1.807, 2.05) is 6.92 Å². The molecule has 1 aromatic rings. The molecule has 18 heavy (non-hydrogen) atoms. The van der Waals surface area contributed by atoms with Crippen molar-refractivity contribution in [1.82, 2.24) is 4.72 Å². The minimum Gasteiger partial charge on any atom is -0.212 e. The lowest BCUT2D eigenvalue weighted by Gasteiger charge is -2.16. The maximum absolute atomic E-state index is 11.8. The molecule has 0 aliphatic carbocycles. The first-order valence-electron chi connectivity index (χ1n) is 5.80. The van der Waals surface area contributed by atoms with Crippen LogP contribution in [0.2, 0.25) is 10.0 Å². The third-order valence-electron chi connectivity index (χ3n) is 2.55. The van der Waals surface area contributed by atoms with E-state index in [9.17, 15) is 8.42 Å². The van der Waals surface area contributed by atoms with Gasteiger partial charge in [0.2, 0.25) is 10.0 Å². The smallest absolute Gasteiger partial charge is 0.212 e. The van der Waals surface area contributed by atoms with Crippen molar-refractivity contribution in [2.24, 2.45) is 0 Å². The van der Waals surface area contributed by atoms with Gasteiger partial charge in [-0.1, -0.05) is 42.6 Å². The van der Waals surface area contributed by atoms with Gasteiger partial charge in [0.25, 0.3) is 0 Å². The molecule has 1 aromatic carbocycles. The Kier molecular flexibility index (Phi) is 5.92. The monoisotopic (exact) mass is 309 g/mol. The highest BCUT2D eigenvalue weighted by Gasteiger charge is 2.17. The molecule has 0 radical (unpaired) electrons. The second-order valence-electron chi connectivity index (χ2n) is 4.18. The average molecular weight is 310 g/mol. The van der Waals surface area contributed by atoms with E-state index in [1.165, 1.54) is 0 Å². The topological polar surface area (TPSA) is 46.2 Å². The van der Waals surface area contributed by atoms with Gasteiger partial charge in [-0.05, 0) is 31.0 Å². The SMILES string of the molecule is CCCCS(=O)(=O)N[C@@H](C)c1ccc(Cl)cc1Cl. The fourth-order valence-corrected chi connectivity index (χ4v) is 3.60. The van der Waals surface area contributed by atoms with Crippen molar-refractivity contribution in [3.05, 3.63) is 33.8 Å². The molecule has 0 aliphatic heterocycles. The summed E-state index contributed by atoms with van der Waals surface area (Å²) >= 11 is 11.8. The van der Waals surface area contributed by atoms with Crippen molar-refractivity contribution >= 4 is 33.2 Å². The van der Waals surface area contributed by atoms with Crippen molar-refractivity contribution in [2.75, 3.05) is 5.75 Å². The van der Waals surface area contributed by atoms with Gasteiger partial charge in [-0.25, -0.2) is 13.1 Å². The van der Waals surface area contributed by atoms with Gasteiger partial charge in [0, 0.05) is 16.1 Å². The van der Waals surface area contributed by atoms with Crippen LogP contribution in [0.15, 0.2) is 18.2 Å². The summed E-state index contributed by atoms with van der Waals surface area (Å²) in [4.78, 5) is 0. The van der Waals surface area contributed by atoms with Crippen molar-refractivity contribution in [3.8, 4) is 0 Å². The van der Waals surface area contributed by atoms with Crippen LogP contribution in [0.3, 0.4) is 0 Å². The fraction of sp³-hybridized carbons (Fsp3) is 0.500. The van der Waals surface area contributed by atoms with Crippen LogP contribution in [0, 0.1) is 0 Å². The molecule has 0 heterocycles. The molecule has 6 heteroatoms. The maximum atomic E-state index is 11.8. The highest BCUT2D eigenvalue weighted by molar-refractivity contribution is 7.89. The number of hydrogen-bond donors (Lipinski definition) is 1. The lowest BCUT2D eigenvalue weighted by molar-refractivity contribution is 0.564. The second-order valence-corrected chi connectivity index (χ2v) is 6.89. The summed E-state index contributed by atoms with van der Waals surface area (Å²) in [5.41, 5.74) is 0.723. The molecule has 0 spiro atoms. The van der Waals surface area contributed by atoms with E-state index >= 15 is 0 Å². The van der Waals surface area contributed by atoms with Crippen LogP contribution >= 0.6 is 23.2 Å². The van der Waals surface area contributed by atoms with Gasteiger partial charge in [-0.15, -0.1) is 0 Å². The lowest BCUT2D eigenvalue weighted by Crippen LogP contribution is -2.29. The van der Waals surface area contributed by atoms with Gasteiger partial charge >= 0.3 is 0 Å². The van der Waals surface area contributed by atoms with E-state index in [4.69, 9.17) is 23.2 Å². The highest BCUT2D eigenvalue weighted by Crippen LogP contribution is 2.26. The lowest BCUT2D eigenvalue weighted by atomic mass is 10.1. The van der Waals surface area contributed by atoms with Gasteiger partial charge in [0.1, 0.15) is 0 Å². The molecule has 0 amide bonds. The summed E-state index contributed by atoms with van der Waals surface area (Å²) in [5, 5.41) is 0.998. The third kappa shape index (κ3) is 4.76. The van der Waals surface area contributed by atoms with Crippen molar-refractivity contribution in [3.63, 3.8) is 0 Å². The number of unbranched alkanes of at least 4 members (excludes halogenated alkanes) is 1. The molecule has 0 bridgehead atoms. The molecular weight excluding hydrogens is 293 g/mol. The highest BCUT2D eigenvalue weighted by atomic mass is 35.5. The molecule has 0 aliphatic rings. The van der Waals surface area contributed by atoms with E-state index in [-0.39, 0.29) is 11.8 Å². The Morgan fingerprint density at radius 1 is 1.33 bits per heavy atom. The summed E-state index contributed by atoms with van der Waals surface area (Å²) in [5.74, 6) is 0.138. The van der Waals surface area contributed by atoms with Gasteiger partial charge in [0.05, 0.1) is 5.75 Å². The molecule has 1 rings (SSSR count). The van der Waals surface area contributed by atoms with Gasteiger partial charge in [-0.3, -0.25) is 0 Å². The number of benzene rings is 1. The molecule has 0 fully saturated rings. The normalized spacial score (nSPS) is 13.6. The van der Waals surface area contributed by atoms with Crippen LogP contribution < -0.4 is 4.72 Å². The first kappa shape index (κ1) is 15.8. The van der Waals surface area contributed by atoms with E-state index in [0.717, 1.165) is 12.0 Å². The van der Waals surface area contributed by atoms with Crippen molar-refractivity contribution < 1.29 is 8.42 Å². The largest absolute Gasteiger partial charge is 0.212 e.